The summed E-state index contributed by atoms with van der Waals surface area (Å²) in [5.74, 6) is 0.663. The lowest BCUT2D eigenvalue weighted by atomic mass is 10.1. The number of likely N-dealkylation sites (tertiary alicyclic amines) is 1. The van der Waals surface area contributed by atoms with Gasteiger partial charge in [-0.3, -0.25) is 4.79 Å². The van der Waals surface area contributed by atoms with Crippen LogP contribution in [0.1, 0.15) is 33.1 Å². The van der Waals surface area contributed by atoms with Gasteiger partial charge in [0.25, 0.3) is 0 Å². The molecule has 1 saturated heterocycles. The molecular formula is C14H26N2O. The molecule has 1 rings (SSSR count). The third kappa shape index (κ3) is 4.50. The van der Waals surface area contributed by atoms with Crippen LogP contribution in [0.5, 0.6) is 0 Å². The van der Waals surface area contributed by atoms with Crippen LogP contribution < -0.4 is 0 Å². The lowest BCUT2D eigenvalue weighted by molar-refractivity contribution is -0.127. The van der Waals surface area contributed by atoms with Gasteiger partial charge in [0, 0.05) is 32.0 Å². The molecule has 0 saturated carbocycles. The van der Waals surface area contributed by atoms with Gasteiger partial charge >= 0.3 is 0 Å². The molecule has 1 amide bonds. The number of rotatable bonds is 8. The highest BCUT2D eigenvalue weighted by Gasteiger charge is 2.27. The highest BCUT2D eigenvalue weighted by Crippen LogP contribution is 2.17. The second-order valence-corrected chi connectivity index (χ2v) is 4.88. The second-order valence-electron chi connectivity index (χ2n) is 4.88. The zero-order chi connectivity index (χ0) is 12.7. The highest BCUT2D eigenvalue weighted by atomic mass is 16.2. The van der Waals surface area contributed by atoms with E-state index in [1.165, 1.54) is 12.8 Å². The van der Waals surface area contributed by atoms with Crippen LogP contribution in [0.4, 0.5) is 0 Å². The molecule has 0 N–H and O–H groups in total. The lowest BCUT2D eigenvalue weighted by Crippen LogP contribution is -2.36. The fourth-order valence-electron chi connectivity index (χ4n) is 2.41. The summed E-state index contributed by atoms with van der Waals surface area (Å²) in [4.78, 5) is 16.2. The molecule has 3 heteroatoms. The van der Waals surface area contributed by atoms with Gasteiger partial charge in [-0.15, -0.1) is 6.58 Å². The first-order valence-corrected chi connectivity index (χ1v) is 6.83. The Morgan fingerprint density at radius 1 is 1.35 bits per heavy atom. The average molecular weight is 238 g/mol. The van der Waals surface area contributed by atoms with Crippen LogP contribution in [0.2, 0.25) is 0 Å². The third-order valence-electron chi connectivity index (χ3n) is 3.34. The van der Waals surface area contributed by atoms with E-state index in [-0.39, 0.29) is 0 Å². The molecule has 0 radical (unpaired) electrons. The number of amides is 1. The zero-order valence-corrected chi connectivity index (χ0v) is 11.3. The van der Waals surface area contributed by atoms with Crippen molar-refractivity contribution in [1.82, 2.24) is 9.80 Å². The zero-order valence-electron chi connectivity index (χ0n) is 11.3. The summed E-state index contributed by atoms with van der Waals surface area (Å²) in [6.07, 6.45) is 4.94. The number of hydrogen-bond donors (Lipinski definition) is 0. The molecule has 3 nitrogen and oxygen atoms in total. The molecule has 17 heavy (non-hydrogen) atoms. The standard InChI is InChI=1S/C14H26N2O/c1-4-7-15(8-5-2)9-10-16-12-13(6-3)11-14(16)17/h6,13H,3-5,7-12H2,1-2H3. The summed E-state index contributed by atoms with van der Waals surface area (Å²) in [5, 5.41) is 0. The van der Waals surface area contributed by atoms with E-state index in [1.807, 2.05) is 11.0 Å². The number of carbonyl (C=O) groups is 1. The SMILES string of the molecule is C=CC1CC(=O)N(CCN(CCC)CCC)C1. The maximum atomic E-state index is 11.7. The van der Waals surface area contributed by atoms with Gasteiger partial charge in [-0.2, -0.15) is 0 Å². The number of nitrogens with zero attached hydrogens (tertiary/aromatic N) is 2. The Balaban J connectivity index is 2.33. The first-order valence-electron chi connectivity index (χ1n) is 6.83. The van der Waals surface area contributed by atoms with Crippen molar-refractivity contribution in [2.24, 2.45) is 5.92 Å². The molecule has 0 bridgehead atoms. The van der Waals surface area contributed by atoms with Gasteiger partial charge in [-0.05, 0) is 25.9 Å². The molecule has 0 spiro atoms. The molecule has 0 aromatic rings. The molecule has 0 aromatic heterocycles. The predicted octanol–water partition coefficient (Wildman–Crippen LogP) is 2.14. The molecule has 1 aliphatic heterocycles. The van der Waals surface area contributed by atoms with Gasteiger partial charge in [0.15, 0.2) is 0 Å². The first-order chi connectivity index (χ1) is 8.21. The lowest BCUT2D eigenvalue weighted by Gasteiger charge is -2.24. The van der Waals surface area contributed by atoms with Crippen molar-refractivity contribution in [1.29, 1.82) is 0 Å². The quantitative estimate of drug-likeness (QED) is 0.605. The molecule has 0 aliphatic carbocycles. The minimum Gasteiger partial charge on any atom is -0.341 e. The van der Waals surface area contributed by atoms with Crippen molar-refractivity contribution in [2.45, 2.75) is 33.1 Å². The van der Waals surface area contributed by atoms with E-state index in [9.17, 15) is 4.79 Å². The fraction of sp³-hybridized carbons (Fsp3) is 0.786. The van der Waals surface area contributed by atoms with E-state index in [2.05, 4.69) is 25.3 Å². The maximum absolute atomic E-state index is 11.7. The largest absolute Gasteiger partial charge is 0.341 e. The molecule has 1 heterocycles. The van der Waals surface area contributed by atoms with E-state index in [4.69, 9.17) is 0 Å². The molecule has 1 unspecified atom stereocenters. The van der Waals surface area contributed by atoms with Gasteiger partial charge in [0.2, 0.25) is 5.91 Å². The Morgan fingerprint density at radius 3 is 2.47 bits per heavy atom. The molecule has 0 aromatic carbocycles. The summed E-state index contributed by atoms with van der Waals surface area (Å²) in [6, 6.07) is 0. The molecule has 98 valence electrons. The monoisotopic (exact) mass is 238 g/mol. The van der Waals surface area contributed by atoms with Crippen molar-refractivity contribution in [3.05, 3.63) is 12.7 Å². The Hall–Kier alpha value is -0.830. The smallest absolute Gasteiger partial charge is 0.223 e. The predicted molar refractivity (Wildman–Crippen MR) is 71.9 cm³/mol. The van der Waals surface area contributed by atoms with Crippen molar-refractivity contribution >= 4 is 5.91 Å². The molecule has 1 aliphatic rings. The summed E-state index contributed by atoms with van der Waals surface area (Å²) in [6.45, 7) is 13.2. The van der Waals surface area contributed by atoms with Gasteiger partial charge < -0.3 is 9.80 Å². The van der Waals surface area contributed by atoms with Crippen molar-refractivity contribution in [2.75, 3.05) is 32.7 Å². The summed E-state index contributed by atoms with van der Waals surface area (Å²) in [5.41, 5.74) is 0. The topological polar surface area (TPSA) is 23.6 Å². The minimum atomic E-state index is 0.294. The molecular weight excluding hydrogens is 212 g/mol. The van der Waals surface area contributed by atoms with Gasteiger partial charge in [-0.1, -0.05) is 19.9 Å². The van der Waals surface area contributed by atoms with Crippen molar-refractivity contribution in [3.8, 4) is 0 Å². The fourth-order valence-corrected chi connectivity index (χ4v) is 2.41. The van der Waals surface area contributed by atoms with Crippen LogP contribution in [0.25, 0.3) is 0 Å². The summed E-state index contributed by atoms with van der Waals surface area (Å²) >= 11 is 0. The average Bonchev–Trinajstić information content (AvgIpc) is 2.68. The number of hydrogen-bond acceptors (Lipinski definition) is 2. The van der Waals surface area contributed by atoms with E-state index in [0.717, 1.165) is 32.7 Å². The van der Waals surface area contributed by atoms with Gasteiger partial charge in [0.05, 0.1) is 0 Å². The Bertz CT molecular complexity index is 247. The van der Waals surface area contributed by atoms with Crippen molar-refractivity contribution < 1.29 is 4.79 Å². The van der Waals surface area contributed by atoms with E-state index in [0.29, 0.717) is 18.2 Å². The minimum absolute atomic E-state index is 0.294. The third-order valence-corrected chi connectivity index (χ3v) is 3.34. The molecule has 1 atom stereocenters. The Morgan fingerprint density at radius 2 is 2.00 bits per heavy atom. The van der Waals surface area contributed by atoms with Crippen LogP contribution in [-0.4, -0.2) is 48.4 Å². The normalized spacial score (nSPS) is 20.3. The van der Waals surface area contributed by atoms with Crippen LogP contribution in [0.3, 0.4) is 0 Å². The van der Waals surface area contributed by atoms with E-state index >= 15 is 0 Å². The van der Waals surface area contributed by atoms with E-state index in [1.54, 1.807) is 0 Å². The first kappa shape index (κ1) is 14.2. The molecule has 1 fully saturated rings. The summed E-state index contributed by atoms with van der Waals surface area (Å²) < 4.78 is 0. The van der Waals surface area contributed by atoms with Crippen LogP contribution >= 0.6 is 0 Å². The second kappa shape index (κ2) is 7.49. The van der Waals surface area contributed by atoms with Crippen LogP contribution in [-0.2, 0) is 4.79 Å². The van der Waals surface area contributed by atoms with Crippen molar-refractivity contribution in [3.63, 3.8) is 0 Å². The van der Waals surface area contributed by atoms with E-state index < -0.39 is 0 Å². The summed E-state index contributed by atoms with van der Waals surface area (Å²) in [7, 11) is 0. The number of carbonyl (C=O) groups excluding carboxylic acids is 1. The van der Waals surface area contributed by atoms with Gasteiger partial charge in [0.1, 0.15) is 0 Å². The maximum Gasteiger partial charge on any atom is 0.223 e. The van der Waals surface area contributed by atoms with Crippen LogP contribution in [0.15, 0.2) is 12.7 Å². The van der Waals surface area contributed by atoms with Gasteiger partial charge in [-0.25, -0.2) is 0 Å². The Labute approximate surface area is 105 Å². The van der Waals surface area contributed by atoms with Crippen LogP contribution in [0, 0.1) is 5.92 Å². The Kier molecular flexibility index (Phi) is 6.27. The highest BCUT2D eigenvalue weighted by molar-refractivity contribution is 5.78.